The summed E-state index contributed by atoms with van der Waals surface area (Å²) in [5.41, 5.74) is 2.19. The number of carbonyl (C=O) groups excluding carboxylic acids is 1. The number of allylic oxidation sites excluding steroid dienone is 1. The summed E-state index contributed by atoms with van der Waals surface area (Å²) in [6.07, 6.45) is 2.82. The number of nitrogens with zero attached hydrogens (tertiary/aromatic N) is 3. The number of sulfonamides is 1. The second kappa shape index (κ2) is 9.85. The second-order valence-electron chi connectivity index (χ2n) is 8.57. The van der Waals surface area contributed by atoms with Crippen LogP contribution in [0.2, 0.25) is 0 Å². The molecule has 1 fully saturated rings. The van der Waals surface area contributed by atoms with Crippen molar-refractivity contribution in [2.45, 2.75) is 50.1 Å². The first-order valence-corrected chi connectivity index (χ1v) is 13.5. The van der Waals surface area contributed by atoms with Crippen LogP contribution in [0.4, 0.5) is 0 Å². The van der Waals surface area contributed by atoms with Crippen LogP contribution < -0.4 is 9.54 Å². The molecule has 1 atom stereocenters. The lowest BCUT2D eigenvalue weighted by Gasteiger charge is -2.21. The number of thiazole rings is 1. The summed E-state index contributed by atoms with van der Waals surface area (Å²) in [6.45, 7) is 8.91. The molecule has 1 unspecified atom stereocenters. The number of benzene rings is 2. The molecule has 1 saturated heterocycles. The number of methoxy groups -OCH3 is 1. The minimum atomic E-state index is -3.83. The first kappa shape index (κ1) is 24.4. The van der Waals surface area contributed by atoms with E-state index >= 15 is 0 Å². The van der Waals surface area contributed by atoms with Crippen molar-refractivity contribution in [3.63, 3.8) is 0 Å². The molecule has 0 bridgehead atoms. The summed E-state index contributed by atoms with van der Waals surface area (Å²) >= 11 is 1.44. The molecule has 0 aliphatic carbocycles. The fourth-order valence-electron chi connectivity index (χ4n) is 4.17. The van der Waals surface area contributed by atoms with Gasteiger partial charge in [-0.25, -0.2) is 8.42 Å². The average molecular weight is 500 g/mol. The highest BCUT2D eigenvalue weighted by molar-refractivity contribution is 7.89. The van der Waals surface area contributed by atoms with E-state index in [0.29, 0.717) is 35.9 Å². The summed E-state index contributed by atoms with van der Waals surface area (Å²) in [6, 6.07) is 11.7. The third-order valence-corrected chi connectivity index (χ3v) is 9.01. The maximum Gasteiger partial charge on any atom is 0.266 e. The number of carbonyl (C=O) groups is 1. The smallest absolute Gasteiger partial charge is 0.266 e. The Kier molecular flexibility index (Phi) is 7.06. The molecule has 2 aromatic carbocycles. The number of fused-ring (bicyclic) bond motifs is 1. The van der Waals surface area contributed by atoms with Crippen LogP contribution >= 0.6 is 11.3 Å². The number of aromatic nitrogens is 1. The topological polar surface area (TPSA) is 81.0 Å². The van der Waals surface area contributed by atoms with Crippen LogP contribution in [-0.2, 0) is 21.4 Å². The highest BCUT2D eigenvalue weighted by Gasteiger charge is 2.39. The number of rotatable bonds is 7. The lowest BCUT2D eigenvalue weighted by molar-refractivity contribution is -0.121. The van der Waals surface area contributed by atoms with E-state index in [1.807, 2.05) is 10.6 Å². The van der Waals surface area contributed by atoms with Gasteiger partial charge in [0.2, 0.25) is 10.0 Å². The van der Waals surface area contributed by atoms with E-state index in [1.165, 1.54) is 40.4 Å². The molecule has 9 heteroatoms. The van der Waals surface area contributed by atoms with Crippen molar-refractivity contribution in [2.75, 3.05) is 13.7 Å². The first-order chi connectivity index (χ1) is 16.3. The molecule has 1 aromatic heterocycles. The Morgan fingerprint density at radius 2 is 2.00 bits per heavy atom. The third kappa shape index (κ3) is 4.60. The zero-order valence-corrected chi connectivity index (χ0v) is 21.2. The van der Waals surface area contributed by atoms with Crippen LogP contribution in [0.15, 0.2) is 65.0 Å². The molecule has 7 nitrogen and oxygen atoms in total. The highest BCUT2D eigenvalue weighted by atomic mass is 32.2. The van der Waals surface area contributed by atoms with E-state index in [-0.39, 0.29) is 11.4 Å². The maximum absolute atomic E-state index is 13.3. The van der Waals surface area contributed by atoms with Gasteiger partial charge < -0.3 is 9.30 Å². The van der Waals surface area contributed by atoms with Gasteiger partial charge in [-0.3, -0.25) is 4.79 Å². The SMILES string of the molecule is C=CCn1c(=NC(=O)C2CCCN2S(=O)(=O)c2ccc(OC)cc2)sc2cc(C(C)C)ccc21. The number of amides is 1. The number of hydrogen-bond acceptors (Lipinski definition) is 5. The molecule has 1 aliphatic rings. The van der Waals surface area contributed by atoms with Crippen LogP contribution in [0.5, 0.6) is 5.75 Å². The standard InChI is InChI=1S/C25H29N3O4S2/c1-5-14-27-21-13-8-18(17(2)3)16-23(21)33-25(27)26-24(29)22-7-6-15-28(22)34(30,31)20-11-9-19(32-4)10-12-20/h5,8-13,16-17,22H,1,6-7,14-15H2,2-4H3. The molecule has 0 spiro atoms. The summed E-state index contributed by atoms with van der Waals surface area (Å²) < 4.78 is 36.0. The van der Waals surface area contributed by atoms with Crippen molar-refractivity contribution in [3.05, 3.63) is 65.5 Å². The normalized spacial score (nSPS) is 17.5. The zero-order chi connectivity index (χ0) is 24.5. The van der Waals surface area contributed by atoms with E-state index in [9.17, 15) is 13.2 Å². The van der Waals surface area contributed by atoms with Crippen molar-refractivity contribution in [3.8, 4) is 5.75 Å². The Morgan fingerprint density at radius 1 is 1.26 bits per heavy atom. The predicted molar refractivity (Wildman–Crippen MR) is 135 cm³/mol. The summed E-state index contributed by atoms with van der Waals surface area (Å²) in [5.74, 6) is 0.514. The minimum absolute atomic E-state index is 0.137. The summed E-state index contributed by atoms with van der Waals surface area (Å²) in [7, 11) is -2.31. The van der Waals surface area contributed by atoms with Gasteiger partial charge in [0.05, 0.1) is 22.2 Å². The molecule has 1 aliphatic heterocycles. The van der Waals surface area contributed by atoms with E-state index in [2.05, 4.69) is 37.6 Å². The Bertz CT molecular complexity index is 1390. The molecule has 1 amide bonds. The van der Waals surface area contributed by atoms with Gasteiger partial charge in [0, 0.05) is 13.1 Å². The molecular weight excluding hydrogens is 470 g/mol. The van der Waals surface area contributed by atoms with Gasteiger partial charge in [-0.1, -0.05) is 37.3 Å². The fourth-order valence-corrected chi connectivity index (χ4v) is 6.91. The van der Waals surface area contributed by atoms with E-state index in [0.717, 1.165) is 10.2 Å². The molecule has 0 N–H and O–H groups in total. The molecule has 34 heavy (non-hydrogen) atoms. The maximum atomic E-state index is 13.3. The summed E-state index contributed by atoms with van der Waals surface area (Å²) in [5, 5.41) is 0. The Morgan fingerprint density at radius 3 is 2.65 bits per heavy atom. The molecule has 2 heterocycles. The third-order valence-electron chi connectivity index (χ3n) is 6.05. The van der Waals surface area contributed by atoms with Crippen LogP contribution in [0, 0.1) is 0 Å². The monoisotopic (exact) mass is 499 g/mol. The largest absolute Gasteiger partial charge is 0.497 e. The Labute approximate surface area is 204 Å². The fraction of sp³-hybridized carbons (Fsp3) is 0.360. The highest BCUT2D eigenvalue weighted by Crippen LogP contribution is 2.28. The Balaban J connectivity index is 1.71. The van der Waals surface area contributed by atoms with E-state index < -0.39 is 22.0 Å². The number of hydrogen-bond donors (Lipinski definition) is 0. The average Bonchev–Trinajstić information content (AvgIpc) is 3.45. The van der Waals surface area contributed by atoms with Gasteiger partial charge in [-0.05, 0) is 60.7 Å². The second-order valence-corrected chi connectivity index (χ2v) is 11.5. The van der Waals surface area contributed by atoms with Crippen LogP contribution in [0.3, 0.4) is 0 Å². The predicted octanol–water partition coefficient (Wildman–Crippen LogP) is 4.30. The van der Waals surface area contributed by atoms with Crippen molar-refractivity contribution in [1.29, 1.82) is 0 Å². The molecule has 0 saturated carbocycles. The first-order valence-electron chi connectivity index (χ1n) is 11.2. The van der Waals surface area contributed by atoms with Gasteiger partial charge in [0.25, 0.3) is 5.91 Å². The van der Waals surface area contributed by atoms with Gasteiger partial charge >= 0.3 is 0 Å². The zero-order valence-electron chi connectivity index (χ0n) is 19.6. The molecule has 0 radical (unpaired) electrons. The van der Waals surface area contributed by atoms with Crippen LogP contribution in [0.1, 0.15) is 38.2 Å². The van der Waals surface area contributed by atoms with E-state index in [4.69, 9.17) is 4.74 Å². The van der Waals surface area contributed by atoms with Gasteiger partial charge in [0.1, 0.15) is 11.8 Å². The van der Waals surface area contributed by atoms with Gasteiger partial charge in [-0.2, -0.15) is 9.30 Å². The molecular formula is C25H29N3O4S2. The van der Waals surface area contributed by atoms with Gasteiger partial charge in [0.15, 0.2) is 4.80 Å². The lowest BCUT2D eigenvalue weighted by atomic mass is 10.0. The lowest BCUT2D eigenvalue weighted by Crippen LogP contribution is -2.40. The van der Waals surface area contributed by atoms with Crippen molar-refractivity contribution < 1.29 is 17.9 Å². The molecule has 180 valence electrons. The summed E-state index contributed by atoms with van der Waals surface area (Å²) in [4.78, 5) is 18.4. The van der Waals surface area contributed by atoms with E-state index in [1.54, 1.807) is 18.2 Å². The van der Waals surface area contributed by atoms with Crippen LogP contribution in [0.25, 0.3) is 10.2 Å². The molecule has 4 rings (SSSR count). The molecule has 3 aromatic rings. The minimum Gasteiger partial charge on any atom is -0.497 e. The van der Waals surface area contributed by atoms with Gasteiger partial charge in [-0.15, -0.1) is 6.58 Å². The van der Waals surface area contributed by atoms with Crippen LogP contribution in [-0.4, -0.2) is 42.9 Å². The Hall–Kier alpha value is -2.75. The number of ether oxygens (including phenoxy) is 1. The van der Waals surface area contributed by atoms with Crippen molar-refractivity contribution in [2.24, 2.45) is 4.99 Å². The quantitative estimate of drug-likeness (QED) is 0.454. The van der Waals surface area contributed by atoms with Crippen molar-refractivity contribution in [1.82, 2.24) is 8.87 Å². The van der Waals surface area contributed by atoms with Crippen molar-refractivity contribution >= 4 is 37.5 Å².